The van der Waals surface area contributed by atoms with Crippen molar-refractivity contribution in [1.29, 1.82) is 0 Å². The second-order valence-electron chi connectivity index (χ2n) is 9.70. The largest absolute Gasteiger partial charge is 0.466 e. The lowest BCUT2D eigenvalue weighted by Gasteiger charge is -2.10. The van der Waals surface area contributed by atoms with Gasteiger partial charge in [0.25, 0.3) is 0 Å². The number of ether oxygens (including phenoxy) is 6. The van der Waals surface area contributed by atoms with E-state index >= 15 is 0 Å². The van der Waals surface area contributed by atoms with Gasteiger partial charge in [0, 0.05) is 26.1 Å². The highest BCUT2D eigenvalue weighted by Crippen LogP contribution is 2.07. The minimum atomic E-state index is -0.0825. The third kappa shape index (κ3) is 34.8. The summed E-state index contributed by atoms with van der Waals surface area (Å²) in [5.41, 5.74) is 0. The Morgan fingerprint density at radius 3 is 1.21 bits per heavy atom. The third-order valence-electron chi connectivity index (χ3n) is 6.11. The molecule has 0 N–H and O–H groups in total. The summed E-state index contributed by atoms with van der Waals surface area (Å²) in [7, 11) is 0. The van der Waals surface area contributed by atoms with Crippen LogP contribution in [-0.4, -0.2) is 77.0 Å². The average Bonchev–Trinajstić information content (AvgIpc) is 2.93. The average molecular weight is 563 g/mol. The third-order valence-corrected chi connectivity index (χ3v) is 6.11. The van der Waals surface area contributed by atoms with Crippen molar-refractivity contribution in [3.8, 4) is 0 Å². The Labute approximate surface area is 240 Å². The van der Waals surface area contributed by atoms with Gasteiger partial charge in [-0.3, -0.25) is 9.59 Å². The van der Waals surface area contributed by atoms with Crippen molar-refractivity contribution in [1.82, 2.24) is 0 Å². The number of carbonyl (C=O) groups is 2. The molecule has 0 aromatic carbocycles. The Morgan fingerprint density at radius 1 is 0.487 bits per heavy atom. The van der Waals surface area contributed by atoms with Gasteiger partial charge in [0.2, 0.25) is 0 Å². The van der Waals surface area contributed by atoms with Crippen LogP contribution in [-0.2, 0) is 38.0 Å². The van der Waals surface area contributed by atoms with Crippen LogP contribution in [0.5, 0.6) is 0 Å². The monoisotopic (exact) mass is 562 g/mol. The molecule has 0 radical (unpaired) electrons. The van der Waals surface area contributed by atoms with E-state index in [0.29, 0.717) is 64.7 Å². The molecular weight excluding hydrogens is 500 g/mol. The normalized spacial score (nSPS) is 12.4. The number of hydrogen-bond acceptors (Lipinski definition) is 8. The van der Waals surface area contributed by atoms with Gasteiger partial charge in [-0.25, -0.2) is 0 Å². The quantitative estimate of drug-likeness (QED) is 0.0777. The molecule has 234 valence electrons. The molecule has 2 atom stereocenters. The summed E-state index contributed by atoms with van der Waals surface area (Å²) in [6.45, 7) is 17.3. The summed E-state index contributed by atoms with van der Waals surface area (Å²) in [5.74, 6) is -0.155. The van der Waals surface area contributed by atoms with Crippen LogP contribution in [0.3, 0.4) is 0 Å². The van der Waals surface area contributed by atoms with Gasteiger partial charge >= 0.3 is 11.9 Å². The first kappa shape index (κ1) is 39.9. The zero-order chi connectivity index (χ0) is 29.4. The van der Waals surface area contributed by atoms with E-state index in [9.17, 15) is 9.59 Å². The topological polar surface area (TPSA) is 89.5 Å². The first-order valence-corrected chi connectivity index (χ1v) is 15.6. The maximum absolute atomic E-state index is 11.1. The van der Waals surface area contributed by atoms with Gasteiger partial charge in [-0.15, -0.1) is 0 Å². The van der Waals surface area contributed by atoms with E-state index < -0.39 is 0 Å². The van der Waals surface area contributed by atoms with Gasteiger partial charge in [-0.05, 0) is 66.2 Å². The van der Waals surface area contributed by atoms with Crippen molar-refractivity contribution in [3.63, 3.8) is 0 Å². The second-order valence-corrected chi connectivity index (χ2v) is 9.70. The molecule has 0 saturated heterocycles. The zero-order valence-electron chi connectivity index (χ0n) is 26.3. The summed E-state index contributed by atoms with van der Waals surface area (Å²) in [6, 6.07) is 0. The number of unbranched alkanes of at least 4 members (excludes halogenated alkanes) is 7. The molecule has 0 aliphatic carbocycles. The molecule has 0 aromatic rings. The van der Waals surface area contributed by atoms with Crippen molar-refractivity contribution < 1.29 is 38.0 Å². The van der Waals surface area contributed by atoms with Crippen LogP contribution in [0.2, 0.25) is 0 Å². The van der Waals surface area contributed by atoms with E-state index in [1.807, 2.05) is 13.8 Å². The molecule has 0 aromatic heterocycles. The first-order valence-electron chi connectivity index (χ1n) is 15.6. The van der Waals surface area contributed by atoms with Crippen molar-refractivity contribution in [3.05, 3.63) is 0 Å². The highest BCUT2D eigenvalue weighted by Gasteiger charge is 2.02. The lowest BCUT2D eigenvalue weighted by atomic mass is 10.1. The summed E-state index contributed by atoms with van der Waals surface area (Å²) < 4.78 is 31.8. The Morgan fingerprint density at radius 2 is 0.846 bits per heavy atom. The molecule has 8 heteroatoms. The van der Waals surface area contributed by atoms with E-state index in [-0.39, 0.29) is 11.9 Å². The predicted molar refractivity (Wildman–Crippen MR) is 157 cm³/mol. The zero-order valence-corrected chi connectivity index (χ0v) is 26.3. The molecule has 0 aliphatic rings. The predicted octanol–water partition coefficient (Wildman–Crippen LogP) is 7.05. The Hall–Kier alpha value is -1.22. The molecule has 0 saturated carbocycles. The molecule has 0 aliphatic heterocycles. The highest BCUT2D eigenvalue weighted by atomic mass is 16.5. The van der Waals surface area contributed by atoms with Crippen molar-refractivity contribution in [2.24, 2.45) is 0 Å². The van der Waals surface area contributed by atoms with E-state index in [2.05, 4.69) is 27.7 Å². The highest BCUT2D eigenvalue weighted by molar-refractivity contribution is 5.69. The van der Waals surface area contributed by atoms with Crippen molar-refractivity contribution in [2.75, 3.05) is 52.9 Å². The number of hydrogen-bond donors (Lipinski definition) is 0. The van der Waals surface area contributed by atoms with Gasteiger partial charge in [0.15, 0.2) is 0 Å². The van der Waals surface area contributed by atoms with Crippen LogP contribution in [0.4, 0.5) is 0 Å². The molecule has 8 nitrogen and oxygen atoms in total. The fourth-order valence-corrected chi connectivity index (χ4v) is 3.35. The van der Waals surface area contributed by atoms with E-state index in [4.69, 9.17) is 28.4 Å². The molecule has 39 heavy (non-hydrogen) atoms. The number of rotatable bonds is 27. The van der Waals surface area contributed by atoms with Gasteiger partial charge in [0.1, 0.15) is 0 Å². The lowest BCUT2D eigenvalue weighted by molar-refractivity contribution is -0.144. The molecule has 0 fully saturated rings. The van der Waals surface area contributed by atoms with Gasteiger partial charge < -0.3 is 28.4 Å². The standard InChI is InChI=1S/C16H32O4.C15H30O4/c1-4-15(3)20-14-13-18-12-10-8-6-7-9-11-16(17)19-5-2;1-4-14(3)19-13-12-17-11-9-7-6-8-10-15(16)18-5-2/h15H,4-14H2,1-3H3;14H,4-13H2,1-3H3. The smallest absolute Gasteiger partial charge is 0.305 e. The van der Waals surface area contributed by atoms with Crippen molar-refractivity contribution in [2.45, 2.75) is 137 Å². The van der Waals surface area contributed by atoms with Gasteiger partial charge in [-0.2, -0.15) is 0 Å². The van der Waals surface area contributed by atoms with Gasteiger partial charge in [-0.1, -0.05) is 46.0 Å². The molecular formula is C31H62O8. The first-order chi connectivity index (χ1) is 18.9. The number of carbonyl (C=O) groups excluding carboxylic acids is 2. The molecule has 0 spiro atoms. The van der Waals surface area contributed by atoms with E-state index in [0.717, 1.165) is 83.8 Å². The Balaban J connectivity index is 0. The van der Waals surface area contributed by atoms with Gasteiger partial charge in [0.05, 0.1) is 51.8 Å². The lowest BCUT2D eigenvalue weighted by Crippen LogP contribution is -2.12. The van der Waals surface area contributed by atoms with E-state index in [1.54, 1.807) is 0 Å². The van der Waals surface area contributed by atoms with Crippen LogP contribution in [0.1, 0.15) is 125 Å². The molecule has 0 amide bonds. The minimum Gasteiger partial charge on any atom is -0.466 e. The van der Waals surface area contributed by atoms with Crippen LogP contribution in [0.15, 0.2) is 0 Å². The van der Waals surface area contributed by atoms with Crippen LogP contribution in [0.25, 0.3) is 0 Å². The maximum atomic E-state index is 11.1. The fraction of sp³-hybridized carbons (Fsp3) is 0.935. The Bertz CT molecular complexity index is 515. The Kier molecular flexibility index (Phi) is 33.8. The van der Waals surface area contributed by atoms with Crippen LogP contribution >= 0.6 is 0 Å². The van der Waals surface area contributed by atoms with Crippen molar-refractivity contribution >= 4 is 11.9 Å². The van der Waals surface area contributed by atoms with E-state index in [1.165, 1.54) is 0 Å². The van der Waals surface area contributed by atoms with Crippen LogP contribution < -0.4 is 0 Å². The second kappa shape index (κ2) is 33.0. The summed E-state index contributed by atoms with van der Waals surface area (Å²) in [6.07, 6.45) is 13.4. The number of esters is 2. The fourth-order valence-electron chi connectivity index (χ4n) is 3.35. The summed E-state index contributed by atoms with van der Waals surface area (Å²) in [5, 5.41) is 0. The summed E-state index contributed by atoms with van der Waals surface area (Å²) in [4.78, 5) is 22.2. The molecule has 0 heterocycles. The minimum absolute atomic E-state index is 0.0721. The molecule has 2 unspecified atom stereocenters. The molecule has 0 bridgehead atoms. The SMILES string of the molecule is CCOC(=O)CCCCCCCOCCOC(C)CC.CCOC(=O)CCCCCCOCCOC(C)CC. The van der Waals surface area contributed by atoms with Crippen LogP contribution in [0, 0.1) is 0 Å². The molecule has 0 rings (SSSR count). The maximum Gasteiger partial charge on any atom is 0.305 e. The summed E-state index contributed by atoms with van der Waals surface area (Å²) >= 11 is 0.